The summed E-state index contributed by atoms with van der Waals surface area (Å²) in [6, 6.07) is 1.81. The summed E-state index contributed by atoms with van der Waals surface area (Å²) < 4.78 is 0. The summed E-state index contributed by atoms with van der Waals surface area (Å²) in [5.74, 6) is -0.616. The maximum Gasteiger partial charge on any atom is 0.287 e. The Kier molecular flexibility index (Phi) is 2.06. The molecule has 1 atom stereocenters. The van der Waals surface area contributed by atoms with Crippen molar-refractivity contribution in [3.63, 3.8) is 0 Å². The molecule has 3 nitrogen and oxygen atoms in total. The standard InChI is InChI=1S/C10H5ClN2O/c11-8-1-2-9-6(4-8)3-7(5-12)10(14)13-9/h1-4,6H. The molecule has 1 amide bonds. The average Bonchev–Trinajstić information content (AvgIpc) is 2.17. The second kappa shape index (κ2) is 3.24. The quantitative estimate of drug-likeness (QED) is 0.603. The molecule has 0 saturated heterocycles. The number of nitriles is 1. The Bertz CT molecular complexity index is 463. The fourth-order valence-electron chi connectivity index (χ4n) is 1.35. The molecular weight excluding hydrogens is 200 g/mol. The van der Waals surface area contributed by atoms with Crippen molar-refractivity contribution in [3.8, 4) is 6.07 Å². The number of aliphatic imine (C=N–C) groups is 1. The molecule has 0 fully saturated rings. The van der Waals surface area contributed by atoms with Gasteiger partial charge in [-0.1, -0.05) is 17.7 Å². The first-order chi connectivity index (χ1) is 6.70. The fourth-order valence-corrected chi connectivity index (χ4v) is 1.55. The Hall–Kier alpha value is -1.66. The van der Waals surface area contributed by atoms with Gasteiger partial charge >= 0.3 is 0 Å². The van der Waals surface area contributed by atoms with E-state index in [9.17, 15) is 4.79 Å². The number of carbonyl (C=O) groups excluding carboxylic acids is 1. The highest BCUT2D eigenvalue weighted by Crippen LogP contribution is 2.23. The lowest BCUT2D eigenvalue weighted by molar-refractivity contribution is -0.114. The molecule has 0 radical (unpaired) electrons. The van der Waals surface area contributed by atoms with Gasteiger partial charge in [0.15, 0.2) is 0 Å². The molecule has 4 heteroatoms. The van der Waals surface area contributed by atoms with Crippen molar-refractivity contribution in [3.05, 3.63) is 34.9 Å². The fraction of sp³-hybridized carbons (Fsp3) is 0.100. The number of fused-ring (bicyclic) bond motifs is 1. The van der Waals surface area contributed by atoms with Crippen molar-refractivity contribution >= 4 is 23.2 Å². The minimum absolute atomic E-state index is 0.0785. The number of nitrogens with zero attached hydrogens (tertiary/aromatic N) is 2. The zero-order valence-electron chi connectivity index (χ0n) is 7.07. The first kappa shape index (κ1) is 8.92. The van der Waals surface area contributed by atoms with Crippen LogP contribution in [0.25, 0.3) is 0 Å². The monoisotopic (exact) mass is 204 g/mol. The largest absolute Gasteiger partial charge is 0.287 e. The van der Waals surface area contributed by atoms with Gasteiger partial charge in [-0.15, -0.1) is 0 Å². The van der Waals surface area contributed by atoms with E-state index in [1.54, 1.807) is 24.3 Å². The van der Waals surface area contributed by atoms with Gasteiger partial charge in [0.05, 0.1) is 5.71 Å². The summed E-state index contributed by atoms with van der Waals surface area (Å²) in [7, 11) is 0. The summed E-state index contributed by atoms with van der Waals surface area (Å²) in [6.07, 6.45) is 6.70. The molecule has 0 bridgehead atoms. The van der Waals surface area contributed by atoms with Gasteiger partial charge in [0.2, 0.25) is 0 Å². The summed E-state index contributed by atoms with van der Waals surface area (Å²) >= 11 is 5.79. The van der Waals surface area contributed by atoms with Crippen LogP contribution in [0.1, 0.15) is 0 Å². The maximum absolute atomic E-state index is 11.2. The van der Waals surface area contributed by atoms with E-state index in [2.05, 4.69) is 4.99 Å². The molecule has 0 aromatic rings. The van der Waals surface area contributed by atoms with Crippen LogP contribution in [0.4, 0.5) is 0 Å². The lowest BCUT2D eigenvalue weighted by Crippen LogP contribution is -2.19. The van der Waals surface area contributed by atoms with Crippen LogP contribution < -0.4 is 0 Å². The lowest BCUT2D eigenvalue weighted by Gasteiger charge is -2.16. The van der Waals surface area contributed by atoms with Crippen LogP contribution in [-0.4, -0.2) is 11.6 Å². The SMILES string of the molecule is N#CC1=CC2C=C(Cl)C=CC2=NC1=O. The number of carbonyl (C=O) groups is 1. The van der Waals surface area contributed by atoms with Crippen molar-refractivity contribution in [1.29, 1.82) is 5.26 Å². The van der Waals surface area contributed by atoms with E-state index in [1.807, 2.05) is 6.07 Å². The molecule has 1 aliphatic carbocycles. The predicted octanol–water partition coefficient (Wildman–Crippen LogP) is 1.73. The van der Waals surface area contributed by atoms with E-state index in [-0.39, 0.29) is 11.5 Å². The highest BCUT2D eigenvalue weighted by Gasteiger charge is 2.22. The van der Waals surface area contributed by atoms with Crippen LogP contribution in [0.5, 0.6) is 0 Å². The molecule has 68 valence electrons. The van der Waals surface area contributed by atoms with Crippen molar-refractivity contribution in [2.24, 2.45) is 10.9 Å². The van der Waals surface area contributed by atoms with Crippen LogP contribution in [0.3, 0.4) is 0 Å². The summed E-state index contributed by atoms with van der Waals surface area (Å²) in [4.78, 5) is 15.0. The molecule has 2 rings (SSSR count). The molecule has 0 aromatic carbocycles. The number of hydrogen-bond acceptors (Lipinski definition) is 2. The molecule has 0 spiro atoms. The van der Waals surface area contributed by atoms with Crippen molar-refractivity contribution in [2.75, 3.05) is 0 Å². The zero-order valence-corrected chi connectivity index (χ0v) is 7.82. The smallest absolute Gasteiger partial charge is 0.266 e. The number of amides is 1. The van der Waals surface area contributed by atoms with Crippen LogP contribution >= 0.6 is 11.6 Å². The van der Waals surface area contributed by atoms with Crippen molar-refractivity contribution in [1.82, 2.24) is 0 Å². The van der Waals surface area contributed by atoms with E-state index in [1.165, 1.54) is 0 Å². The van der Waals surface area contributed by atoms with Gasteiger partial charge in [-0.25, -0.2) is 4.99 Å². The summed E-state index contributed by atoms with van der Waals surface area (Å²) in [5.41, 5.74) is 0.716. The highest BCUT2D eigenvalue weighted by molar-refractivity contribution is 6.32. The van der Waals surface area contributed by atoms with Gasteiger partial charge in [0, 0.05) is 11.0 Å². The first-order valence-electron chi connectivity index (χ1n) is 4.01. The van der Waals surface area contributed by atoms with Gasteiger partial charge in [-0.05, 0) is 18.2 Å². The molecule has 14 heavy (non-hydrogen) atoms. The topological polar surface area (TPSA) is 53.2 Å². The molecule has 0 aromatic heterocycles. The molecule has 1 aliphatic heterocycles. The summed E-state index contributed by atoms with van der Waals surface area (Å²) in [5, 5.41) is 9.23. The Labute approximate surface area is 85.7 Å². The lowest BCUT2D eigenvalue weighted by atomic mass is 9.93. The minimum atomic E-state index is -0.477. The second-order valence-electron chi connectivity index (χ2n) is 2.94. The average molecular weight is 205 g/mol. The third kappa shape index (κ3) is 1.40. The number of halogens is 1. The molecule has 2 aliphatic rings. The van der Waals surface area contributed by atoms with E-state index in [4.69, 9.17) is 16.9 Å². The molecule has 0 saturated carbocycles. The molecule has 1 heterocycles. The number of dihydropyridines is 1. The van der Waals surface area contributed by atoms with Crippen molar-refractivity contribution < 1.29 is 4.79 Å². The van der Waals surface area contributed by atoms with E-state index in [0.29, 0.717) is 10.7 Å². The molecular formula is C10H5ClN2O. The number of rotatable bonds is 0. The van der Waals surface area contributed by atoms with Gasteiger partial charge in [-0.3, -0.25) is 4.79 Å². The Morgan fingerprint density at radius 1 is 1.43 bits per heavy atom. The third-order valence-electron chi connectivity index (χ3n) is 2.02. The maximum atomic E-state index is 11.2. The van der Waals surface area contributed by atoms with Crippen LogP contribution in [0, 0.1) is 17.2 Å². The van der Waals surface area contributed by atoms with E-state index >= 15 is 0 Å². The Morgan fingerprint density at radius 3 is 2.93 bits per heavy atom. The number of allylic oxidation sites excluding steroid dienone is 5. The Morgan fingerprint density at radius 2 is 2.21 bits per heavy atom. The predicted molar refractivity (Wildman–Crippen MR) is 52.7 cm³/mol. The van der Waals surface area contributed by atoms with Crippen molar-refractivity contribution in [2.45, 2.75) is 0 Å². The van der Waals surface area contributed by atoms with E-state index < -0.39 is 5.91 Å². The molecule has 1 unspecified atom stereocenters. The zero-order chi connectivity index (χ0) is 10.1. The third-order valence-corrected chi connectivity index (χ3v) is 2.27. The van der Waals surface area contributed by atoms with Gasteiger partial charge in [0.25, 0.3) is 5.91 Å². The van der Waals surface area contributed by atoms with Crippen LogP contribution in [0.15, 0.2) is 39.9 Å². The normalized spacial score (nSPS) is 24.4. The van der Waals surface area contributed by atoms with Crippen LogP contribution in [-0.2, 0) is 4.79 Å². The van der Waals surface area contributed by atoms with Gasteiger partial charge < -0.3 is 0 Å². The van der Waals surface area contributed by atoms with Crippen LogP contribution in [0.2, 0.25) is 0 Å². The number of hydrogen-bond donors (Lipinski definition) is 0. The minimum Gasteiger partial charge on any atom is -0.266 e. The first-order valence-corrected chi connectivity index (χ1v) is 4.39. The molecule has 0 N–H and O–H groups in total. The van der Waals surface area contributed by atoms with Gasteiger partial charge in [-0.2, -0.15) is 5.26 Å². The van der Waals surface area contributed by atoms with Gasteiger partial charge in [0.1, 0.15) is 11.6 Å². The summed E-state index contributed by atoms with van der Waals surface area (Å²) in [6.45, 7) is 0. The Balaban J connectivity index is 2.43. The van der Waals surface area contributed by atoms with E-state index in [0.717, 1.165) is 0 Å². The highest BCUT2D eigenvalue weighted by atomic mass is 35.5. The second-order valence-corrected chi connectivity index (χ2v) is 3.38.